The van der Waals surface area contributed by atoms with E-state index in [4.69, 9.17) is 5.11 Å². The third-order valence-corrected chi connectivity index (χ3v) is 2.60. The van der Waals surface area contributed by atoms with Crippen molar-refractivity contribution in [3.05, 3.63) is 12.2 Å². The minimum atomic E-state index is -0.979. The van der Waals surface area contributed by atoms with Crippen LogP contribution in [0.1, 0.15) is 12.2 Å². The number of hydrogen-bond donors (Lipinski definition) is 2. The third-order valence-electron chi connectivity index (χ3n) is 2.60. The maximum Gasteiger partial charge on any atom is 0.306 e. The molecule has 1 aliphatic heterocycles. The van der Waals surface area contributed by atoms with Gasteiger partial charge in [0.2, 0.25) is 0 Å². The maximum atomic E-state index is 10.4. The van der Waals surface area contributed by atoms with E-state index in [9.17, 15) is 9.90 Å². The topological polar surface area (TPSA) is 91.5 Å². The quantitative estimate of drug-likeness (QED) is 0.679. The van der Waals surface area contributed by atoms with Crippen molar-refractivity contribution in [2.45, 2.75) is 25.6 Å². The molecule has 0 aliphatic carbocycles. The number of carboxylic acids is 1. The second kappa shape index (κ2) is 4.58. The minimum absolute atomic E-state index is 0.219. The fraction of sp³-hybridized carbons (Fsp3) is 0.667. The molecule has 0 aromatic carbocycles. The van der Waals surface area contributed by atoms with Crippen molar-refractivity contribution in [3.8, 4) is 0 Å². The molecule has 2 rings (SSSR count). The average Bonchev–Trinajstić information content (AvgIpc) is 2.63. The predicted molar refractivity (Wildman–Crippen MR) is 53.6 cm³/mol. The van der Waals surface area contributed by atoms with Gasteiger partial charge in [0.25, 0.3) is 0 Å². The summed E-state index contributed by atoms with van der Waals surface area (Å²) in [5, 5.41) is 25.8. The Bertz CT molecular complexity index is 379. The van der Waals surface area contributed by atoms with Gasteiger partial charge in [-0.3, -0.25) is 9.69 Å². The molecule has 7 nitrogen and oxygen atoms in total. The number of rotatable bonds is 4. The average molecular weight is 226 g/mol. The number of aliphatic carboxylic acids is 1. The summed E-state index contributed by atoms with van der Waals surface area (Å²) in [6.07, 6.45) is 0.635. The molecule has 1 atom stereocenters. The van der Waals surface area contributed by atoms with E-state index >= 15 is 0 Å². The van der Waals surface area contributed by atoms with Gasteiger partial charge in [0, 0.05) is 19.6 Å². The van der Waals surface area contributed by atoms with Gasteiger partial charge >= 0.3 is 5.97 Å². The standard InChI is InChI=1S/C9H14N4O3/c14-7(3-9(15)16)4-12-1-2-13-6-10-11-8(13)5-12/h6-7,14H,1-5H2,(H,15,16). The normalized spacial score (nSPS) is 18.1. The van der Waals surface area contributed by atoms with Crippen molar-refractivity contribution >= 4 is 5.97 Å². The van der Waals surface area contributed by atoms with Gasteiger partial charge in [-0.15, -0.1) is 10.2 Å². The van der Waals surface area contributed by atoms with E-state index in [1.54, 1.807) is 6.33 Å². The van der Waals surface area contributed by atoms with E-state index in [0.717, 1.165) is 18.9 Å². The molecule has 0 amide bonds. The van der Waals surface area contributed by atoms with Gasteiger partial charge < -0.3 is 14.8 Å². The number of aromatic nitrogens is 3. The SMILES string of the molecule is O=C(O)CC(O)CN1CCn2cnnc2C1. The van der Waals surface area contributed by atoms with Crippen LogP contribution in [0, 0.1) is 0 Å². The van der Waals surface area contributed by atoms with Crippen LogP contribution in [0.3, 0.4) is 0 Å². The molecule has 0 saturated heterocycles. The molecule has 1 aromatic rings. The lowest BCUT2D eigenvalue weighted by molar-refractivity contribution is -0.139. The molecule has 16 heavy (non-hydrogen) atoms. The fourth-order valence-electron chi connectivity index (χ4n) is 1.84. The Morgan fingerprint density at radius 2 is 2.38 bits per heavy atom. The van der Waals surface area contributed by atoms with Gasteiger partial charge in [-0.1, -0.05) is 0 Å². The molecule has 1 unspecified atom stereocenters. The van der Waals surface area contributed by atoms with Crippen LogP contribution < -0.4 is 0 Å². The number of aliphatic hydroxyl groups excluding tert-OH is 1. The maximum absolute atomic E-state index is 10.4. The largest absolute Gasteiger partial charge is 0.481 e. The zero-order valence-corrected chi connectivity index (χ0v) is 8.78. The highest BCUT2D eigenvalue weighted by Gasteiger charge is 2.20. The summed E-state index contributed by atoms with van der Waals surface area (Å²) in [5.74, 6) is -0.124. The van der Waals surface area contributed by atoms with E-state index in [2.05, 4.69) is 10.2 Å². The summed E-state index contributed by atoms with van der Waals surface area (Å²) < 4.78 is 1.96. The van der Waals surface area contributed by atoms with Crippen molar-refractivity contribution < 1.29 is 15.0 Å². The molecule has 2 heterocycles. The first-order chi connectivity index (χ1) is 7.65. The highest BCUT2D eigenvalue weighted by molar-refractivity contribution is 5.67. The van der Waals surface area contributed by atoms with Crippen LogP contribution in [0.5, 0.6) is 0 Å². The number of hydrogen-bond acceptors (Lipinski definition) is 5. The van der Waals surface area contributed by atoms with Crippen LogP contribution in [0.15, 0.2) is 6.33 Å². The summed E-state index contributed by atoms with van der Waals surface area (Å²) >= 11 is 0. The Morgan fingerprint density at radius 1 is 1.56 bits per heavy atom. The second-order valence-electron chi connectivity index (χ2n) is 3.93. The molecule has 0 fully saturated rings. The molecule has 2 N–H and O–H groups in total. The zero-order valence-electron chi connectivity index (χ0n) is 8.78. The van der Waals surface area contributed by atoms with E-state index in [1.807, 2.05) is 9.47 Å². The van der Waals surface area contributed by atoms with Gasteiger partial charge in [-0.2, -0.15) is 0 Å². The zero-order chi connectivity index (χ0) is 11.5. The van der Waals surface area contributed by atoms with E-state index < -0.39 is 12.1 Å². The monoisotopic (exact) mass is 226 g/mol. The predicted octanol–water partition coefficient (Wildman–Crippen LogP) is -1.07. The molecule has 0 bridgehead atoms. The first-order valence-electron chi connectivity index (χ1n) is 5.14. The molecule has 7 heteroatoms. The Morgan fingerprint density at radius 3 is 3.12 bits per heavy atom. The smallest absolute Gasteiger partial charge is 0.306 e. The van der Waals surface area contributed by atoms with Crippen LogP contribution in [0.2, 0.25) is 0 Å². The first-order valence-corrected chi connectivity index (χ1v) is 5.14. The molecule has 0 spiro atoms. The molecular weight excluding hydrogens is 212 g/mol. The lowest BCUT2D eigenvalue weighted by Crippen LogP contribution is -2.39. The van der Waals surface area contributed by atoms with Crippen LogP contribution in [0.25, 0.3) is 0 Å². The Hall–Kier alpha value is -1.47. The molecular formula is C9H14N4O3. The minimum Gasteiger partial charge on any atom is -0.481 e. The van der Waals surface area contributed by atoms with Crippen molar-refractivity contribution in [2.24, 2.45) is 0 Å². The summed E-state index contributed by atoms with van der Waals surface area (Å²) in [4.78, 5) is 12.4. The Labute approximate surface area is 92.3 Å². The number of β-amino-alcohol motifs (C(OH)–C–C–N with tert-alkyl or cyclic N) is 1. The summed E-state index contributed by atoms with van der Waals surface area (Å²) in [6.45, 7) is 2.53. The second-order valence-corrected chi connectivity index (χ2v) is 3.93. The number of carbonyl (C=O) groups is 1. The number of carboxylic acid groups (broad SMARTS) is 1. The molecule has 1 aromatic heterocycles. The van der Waals surface area contributed by atoms with E-state index in [0.29, 0.717) is 13.1 Å². The highest BCUT2D eigenvalue weighted by atomic mass is 16.4. The van der Waals surface area contributed by atoms with Crippen molar-refractivity contribution in [3.63, 3.8) is 0 Å². The van der Waals surface area contributed by atoms with Gasteiger partial charge in [-0.25, -0.2) is 0 Å². The summed E-state index contributed by atoms with van der Waals surface area (Å²) in [7, 11) is 0. The number of fused-ring (bicyclic) bond motifs is 1. The fourth-order valence-corrected chi connectivity index (χ4v) is 1.84. The van der Waals surface area contributed by atoms with Gasteiger partial charge in [0.1, 0.15) is 12.2 Å². The number of nitrogens with zero attached hydrogens (tertiary/aromatic N) is 4. The van der Waals surface area contributed by atoms with Gasteiger partial charge in [0.05, 0.1) is 19.1 Å². The van der Waals surface area contributed by atoms with Crippen molar-refractivity contribution in [1.29, 1.82) is 0 Å². The lowest BCUT2D eigenvalue weighted by Gasteiger charge is -2.28. The van der Waals surface area contributed by atoms with Crippen LogP contribution >= 0.6 is 0 Å². The Kier molecular flexibility index (Phi) is 3.16. The van der Waals surface area contributed by atoms with Crippen LogP contribution in [0.4, 0.5) is 0 Å². The van der Waals surface area contributed by atoms with Crippen molar-refractivity contribution in [2.75, 3.05) is 13.1 Å². The van der Waals surface area contributed by atoms with Gasteiger partial charge in [0.15, 0.2) is 0 Å². The summed E-state index contributed by atoms with van der Waals surface area (Å²) in [6, 6.07) is 0. The van der Waals surface area contributed by atoms with E-state index in [1.165, 1.54) is 0 Å². The molecule has 88 valence electrons. The van der Waals surface area contributed by atoms with Crippen LogP contribution in [-0.2, 0) is 17.9 Å². The third kappa shape index (κ3) is 2.56. The van der Waals surface area contributed by atoms with Crippen molar-refractivity contribution in [1.82, 2.24) is 19.7 Å². The first kappa shape index (κ1) is 11.0. The molecule has 1 aliphatic rings. The molecule has 0 radical (unpaired) electrons. The number of aliphatic hydroxyl groups is 1. The summed E-state index contributed by atoms with van der Waals surface area (Å²) in [5.41, 5.74) is 0. The van der Waals surface area contributed by atoms with Crippen LogP contribution in [-0.4, -0.2) is 55.0 Å². The molecule has 0 saturated carbocycles. The van der Waals surface area contributed by atoms with Gasteiger partial charge in [-0.05, 0) is 0 Å². The lowest BCUT2D eigenvalue weighted by atomic mass is 10.2. The Balaban J connectivity index is 1.87. The highest BCUT2D eigenvalue weighted by Crippen LogP contribution is 2.09. The van der Waals surface area contributed by atoms with E-state index in [-0.39, 0.29) is 6.42 Å².